The normalized spacial score (nSPS) is 16.3. The Morgan fingerprint density at radius 3 is 2.65 bits per heavy atom. The topological polar surface area (TPSA) is 95.5 Å². The lowest BCUT2D eigenvalue weighted by molar-refractivity contribution is -0.386. The number of primary amides is 1. The van der Waals surface area contributed by atoms with Gasteiger partial charge in [-0.25, -0.2) is 0 Å². The number of nitrogens with two attached hydrogens (primary N) is 1. The maximum atomic E-state index is 11.2. The molecule has 17 heavy (non-hydrogen) atoms. The third-order valence-electron chi connectivity index (χ3n) is 2.58. The molecule has 0 aliphatic heterocycles. The van der Waals surface area contributed by atoms with Crippen molar-refractivity contribution in [2.45, 2.75) is 18.4 Å². The highest BCUT2D eigenvalue weighted by Crippen LogP contribution is 2.43. The number of hydrogen-bond acceptors (Lipinski definition) is 4. The van der Waals surface area contributed by atoms with Gasteiger partial charge in [0, 0.05) is 23.4 Å². The van der Waals surface area contributed by atoms with Gasteiger partial charge in [0.25, 0.3) is 5.91 Å². The van der Waals surface area contributed by atoms with Gasteiger partial charge >= 0.3 is 5.69 Å². The van der Waals surface area contributed by atoms with Crippen LogP contribution in [0.4, 0.5) is 5.69 Å². The first-order valence-electron chi connectivity index (χ1n) is 4.87. The number of carbonyl (C=O) groups excluding carboxylic acids is 1. The minimum Gasteiger partial charge on any atom is -0.470 e. The summed E-state index contributed by atoms with van der Waals surface area (Å²) in [6, 6.07) is 4.39. The lowest BCUT2D eigenvalue weighted by atomic mass is 10.2. The van der Waals surface area contributed by atoms with Crippen molar-refractivity contribution >= 4 is 27.5 Å². The van der Waals surface area contributed by atoms with Crippen LogP contribution in [0.3, 0.4) is 0 Å². The molecule has 0 spiro atoms. The zero-order valence-corrected chi connectivity index (χ0v) is 10.3. The van der Waals surface area contributed by atoms with Gasteiger partial charge in [0.15, 0.2) is 11.4 Å². The summed E-state index contributed by atoms with van der Waals surface area (Å²) >= 11 is 3.14. The highest BCUT2D eigenvalue weighted by Gasteiger charge is 2.52. The first-order chi connectivity index (χ1) is 7.94. The quantitative estimate of drug-likeness (QED) is 0.677. The van der Waals surface area contributed by atoms with Crippen LogP contribution in [0.5, 0.6) is 5.75 Å². The van der Waals surface area contributed by atoms with Crippen LogP contribution in [0.25, 0.3) is 0 Å². The fraction of sp³-hybridized carbons (Fsp3) is 0.300. The fourth-order valence-electron chi connectivity index (χ4n) is 1.44. The van der Waals surface area contributed by atoms with Crippen LogP contribution in [0.1, 0.15) is 12.8 Å². The molecule has 1 amide bonds. The van der Waals surface area contributed by atoms with Crippen LogP contribution in [-0.2, 0) is 4.79 Å². The van der Waals surface area contributed by atoms with Gasteiger partial charge in [-0.2, -0.15) is 0 Å². The molecule has 0 saturated heterocycles. The van der Waals surface area contributed by atoms with Crippen molar-refractivity contribution in [2.24, 2.45) is 5.73 Å². The van der Waals surface area contributed by atoms with Crippen LogP contribution in [0.15, 0.2) is 22.7 Å². The van der Waals surface area contributed by atoms with E-state index in [1.54, 1.807) is 6.07 Å². The molecule has 1 aliphatic carbocycles. The minimum atomic E-state index is -1.06. The number of hydrogen-bond donors (Lipinski definition) is 1. The Morgan fingerprint density at radius 1 is 1.53 bits per heavy atom. The SMILES string of the molecule is NC(=O)C1(Oc2ccc(Br)cc2[N+](=O)[O-])CC1. The molecule has 7 heteroatoms. The summed E-state index contributed by atoms with van der Waals surface area (Å²) in [7, 11) is 0. The van der Waals surface area contributed by atoms with E-state index in [-0.39, 0.29) is 11.4 Å². The van der Waals surface area contributed by atoms with Gasteiger partial charge < -0.3 is 10.5 Å². The van der Waals surface area contributed by atoms with Crippen LogP contribution in [-0.4, -0.2) is 16.4 Å². The number of benzene rings is 1. The Balaban J connectivity index is 2.33. The molecule has 0 atom stereocenters. The molecule has 2 rings (SSSR count). The number of nitrogens with zero attached hydrogens (tertiary/aromatic N) is 1. The van der Waals surface area contributed by atoms with Crippen LogP contribution in [0, 0.1) is 10.1 Å². The second-order valence-electron chi connectivity index (χ2n) is 3.83. The predicted octanol–water partition coefficient (Wildman–Crippen LogP) is 1.75. The smallest absolute Gasteiger partial charge is 0.312 e. The summed E-state index contributed by atoms with van der Waals surface area (Å²) in [6.07, 6.45) is 0.991. The summed E-state index contributed by atoms with van der Waals surface area (Å²) in [4.78, 5) is 21.4. The molecular formula is C10H9BrN2O4. The molecule has 2 N–H and O–H groups in total. The molecule has 1 saturated carbocycles. The van der Waals surface area contributed by atoms with E-state index in [1.165, 1.54) is 12.1 Å². The molecular weight excluding hydrogens is 292 g/mol. The molecule has 0 aromatic heterocycles. The van der Waals surface area contributed by atoms with Gasteiger partial charge in [-0.05, 0) is 12.1 Å². The number of ether oxygens (including phenoxy) is 1. The van der Waals surface area contributed by atoms with Gasteiger partial charge in [-0.1, -0.05) is 15.9 Å². The lowest BCUT2D eigenvalue weighted by Crippen LogP contribution is -2.36. The van der Waals surface area contributed by atoms with E-state index < -0.39 is 16.4 Å². The minimum absolute atomic E-state index is 0.0644. The van der Waals surface area contributed by atoms with Crippen molar-refractivity contribution in [3.8, 4) is 5.75 Å². The van der Waals surface area contributed by atoms with Crippen molar-refractivity contribution in [1.29, 1.82) is 0 Å². The molecule has 1 aliphatic rings. The Hall–Kier alpha value is -1.63. The number of nitro benzene ring substituents is 1. The average Bonchev–Trinajstić information content (AvgIpc) is 3.01. The lowest BCUT2D eigenvalue weighted by Gasteiger charge is -2.14. The molecule has 1 aromatic rings. The highest BCUT2D eigenvalue weighted by atomic mass is 79.9. The zero-order valence-electron chi connectivity index (χ0n) is 8.68. The third kappa shape index (κ3) is 2.23. The summed E-state index contributed by atoms with van der Waals surface area (Å²) in [6.45, 7) is 0. The maximum absolute atomic E-state index is 11.2. The molecule has 1 fully saturated rings. The van der Waals surface area contributed by atoms with Crippen LogP contribution >= 0.6 is 15.9 Å². The van der Waals surface area contributed by atoms with E-state index in [9.17, 15) is 14.9 Å². The summed E-state index contributed by atoms with van der Waals surface area (Å²) in [5, 5.41) is 10.8. The van der Waals surface area contributed by atoms with E-state index >= 15 is 0 Å². The Bertz CT molecular complexity index is 499. The number of amides is 1. The second-order valence-corrected chi connectivity index (χ2v) is 4.75. The number of rotatable bonds is 4. The van der Waals surface area contributed by atoms with Gasteiger partial charge in [0.05, 0.1) is 4.92 Å². The van der Waals surface area contributed by atoms with Gasteiger partial charge in [0.1, 0.15) is 0 Å². The molecule has 0 heterocycles. The Labute approximate surface area is 105 Å². The first-order valence-corrected chi connectivity index (χ1v) is 5.67. The predicted molar refractivity (Wildman–Crippen MR) is 62.6 cm³/mol. The molecule has 6 nitrogen and oxygen atoms in total. The largest absolute Gasteiger partial charge is 0.470 e. The van der Waals surface area contributed by atoms with Crippen molar-refractivity contribution in [1.82, 2.24) is 0 Å². The number of nitro groups is 1. The van der Waals surface area contributed by atoms with Crippen molar-refractivity contribution in [2.75, 3.05) is 0 Å². The van der Waals surface area contributed by atoms with E-state index in [0.717, 1.165) is 0 Å². The Kier molecular flexibility index (Phi) is 2.78. The number of carbonyl (C=O) groups is 1. The van der Waals surface area contributed by atoms with Gasteiger partial charge in [0.2, 0.25) is 0 Å². The van der Waals surface area contributed by atoms with Gasteiger partial charge in [-0.3, -0.25) is 14.9 Å². The summed E-state index contributed by atoms with van der Waals surface area (Å²) in [5.74, 6) is -0.524. The van der Waals surface area contributed by atoms with E-state index in [2.05, 4.69) is 15.9 Å². The molecule has 0 radical (unpaired) electrons. The van der Waals surface area contributed by atoms with Crippen LogP contribution < -0.4 is 10.5 Å². The molecule has 90 valence electrons. The van der Waals surface area contributed by atoms with E-state index in [0.29, 0.717) is 17.3 Å². The average molecular weight is 301 g/mol. The van der Waals surface area contributed by atoms with Crippen LogP contribution in [0.2, 0.25) is 0 Å². The summed E-state index contributed by atoms with van der Waals surface area (Å²) in [5.41, 5.74) is 3.95. The maximum Gasteiger partial charge on any atom is 0.312 e. The monoisotopic (exact) mass is 300 g/mol. The Morgan fingerprint density at radius 2 is 2.18 bits per heavy atom. The fourth-order valence-corrected chi connectivity index (χ4v) is 1.79. The third-order valence-corrected chi connectivity index (χ3v) is 3.07. The van der Waals surface area contributed by atoms with Crippen molar-refractivity contribution < 1.29 is 14.5 Å². The molecule has 0 bridgehead atoms. The second kappa shape index (κ2) is 3.99. The van der Waals surface area contributed by atoms with Crippen molar-refractivity contribution in [3.05, 3.63) is 32.8 Å². The zero-order chi connectivity index (χ0) is 12.6. The highest BCUT2D eigenvalue weighted by molar-refractivity contribution is 9.10. The molecule has 0 unspecified atom stereocenters. The summed E-state index contributed by atoms with van der Waals surface area (Å²) < 4.78 is 5.95. The standard InChI is InChI=1S/C10H9BrN2O4/c11-6-1-2-8(7(5-6)13(15)16)17-10(3-4-10)9(12)14/h1-2,5H,3-4H2,(H2,12,14). The number of halogens is 1. The van der Waals surface area contributed by atoms with Crippen molar-refractivity contribution in [3.63, 3.8) is 0 Å². The van der Waals surface area contributed by atoms with Gasteiger partial charge in [-0.15, -0.1) is 0 Å². The van der Waals surface area contributed by atoms with E-state index in [4.69, 9.17) is 10.5 Å². The molecule has 1 aromatic carbocycles. The van der Waals surface area contributed by atoms with E-state index in [1.807, 2.05) is 0 Å². The first kappa shape index (κ1) is 11.8.